The molecule has 3 fully saturated rings. The number of ether oxygens (including phenoxy) is 1. The van der Waals surface area contributed by atoms with Crippen molar-refractivity contribution in [3.63, 3.8) is 0 Å². The third kappa shape index (κ3) is 2.41. The average molecular weight is 443 g/mol. The van der Waals surface area contributed by atoms with Crippen molar-refractivity contribution in [2.75, 3.05) is 6.61 Å². The summed E-state index contributed by atoms with van der Waals surface area (Å²) >= 11 is 0. The third-order valence-corrected chi connectivity index (χ3v) is 8.66. The Kier molecular flexibility index (Phi) is 3.89. The normalized spacial score (nSPS) is 31.2. The number of nitrogens with one attached hydrogen (secondary N) is 1. The first-order chi connectivity index (χ1) is 16.0. The molecule has 2 aromatic carbocycles. The van der Waals surface area contributed by atoms with Gasteiger partial charge in [-0.15, -0.1) is 0 Å². The van der Waals surface area contributed by atoms with Crippen molar-refractivity contribution in [1.82, 2.24) is 9.88 Å². The molecule has 5 aliphatic rings. The second-order valence-corrected chi connectivity index (χ2v) is 10.3. The van der Waals surface area contributed by atoms with Crippen LogP contribution in [0, 0.1) is 11.7 Å². The van der Waals surface area contributed by atoms with Gasteiger partial charge in [-0.2, -0.15) is 0 Å². The zero-order valence-electron chi connectivity index (χ0n) is 18.9. The molecule has 0 saturated heterocycles. The van der Waals surface area contributed by atoms with Gasteiger partial charge in [0.25, 0.3) is 0 Å². The zero-order valence-corrected chi connectivity index (χ0v) is 18.9. The topological polar surface area (TPSA) is 45.3 Å². The monoisotopic (exact) mass is 442 g/mol. The number of nitrogens with zero attached hydrogens (tertiary/aromatic N) is 1. The van der Waals surface area contributed by atoms with E-state index in [1.54, 1.807) is 19.1 Å². The van der Waals surface area contributed by atoms with Crippen molar-refractivity contribution < 1.29 is 13.9 Å². The summed E-state index contributed by atoms with van der Waals surface area (Å²) in [5.41, 5.74) is 6.47. The molecule has 33 heavy (non-hydrogen) atoms. The number of carbonyl (C=O) groups excluding carboxylic acids is 1. The van der Waals surface area contributed by atoms with Gasteiger partial charge in [0.2, 0.25) is 0 Å². The van der Waals surface area contributed by atoms with Gasteiger partial charge in [-0.05, 0) is 73.9 Å². The van der Waals surface area contributed by atoms with E-state index in [1.807, 2.05) is 0 Å². The van der Waals surface area contributed by atoms with Crippen LogP contribution in [-0.2, 0) is 16.0 Å². The SMILES string of the molecule is CCOC(=O)/C=C/c1cc(F)c2c(c1)C1C3CC1(C3)N1C(C)Cc3c([nH]c4ccccc34)C21. The Hall–Kier alpha value is -2.92. The lowest BCUT2D eigenvalue weighted by Gasteiger charge is -2.77. The van der Waals surface area contributed by atoms with Crippen LogP contribution in [0.2, 0.25) is 0 Å². The van der Waals surface area contributed by atoms with Crippen molar-refractivity contribution in [2.24, 2.45) is 5.92 Å². The van der Waals surface area contributed by atoms with E-state index in [0.29, 0.717) is 24.5 Å². The Bertz CT molecular complexity index is 1350. The lowest BCUT2D eigenvalue weighted by molar-refractivity contribution is -0.209. The molecule has 2 bridgehead atoms. The standard InChI is InChI=1S/C28H27FN2O2/c1-3-33-23(32)9-8-16-11-20-24(21(29)12-16)27-26-19(18-6-4-5-7-22(18)30-26)10-15(2)31(27)28-13-17(14-28)25(20)28/h4-9,11-12,15,17,25,27,30H,3,10,13-14H2,1-2H3/b9-8+. The molecule has 3 heterocycles. The molecule has 168 valence electrons. The quantitative estimate of drug-likeness (QED) is 0.432. The molecule has 3 aliphatic carbocycles. The molecule has 3 aromatic rings. The van der Waals surface area contributed by atoms with E-state index in [0.717, 1.165) is 34.3 Å². The number of halogens is 1. The molecule has 4 nitrogen and oxygen atoms in total. The highest BCUT2D eigenvalue weighted by Crippen LogP contribution is 2.75. The molecule has 0 radical (unpaired) electrons. The van der Waals surface area contributed by atoms with Gasteiger partial charge in [0.15, 0.2) is 0 Å². The van der Waals surface area contributed by atoms with Crippen LogP contribution in [0.5, 0.6) is 0 Å². The van der Waals surface area contributed by atoms with Crippen LogP contribution in [-0.4, -0.2) is 34.0 Å². The minimum absolute atomic E-state index is 0.0910. The van der Waals surface area contributed by atoms with E-state index in [1.165, 1.54) is 29.9 Å². The number of H-pyrrole nitrogens is 1. The predicted molar refractivity (Wildman–Crippen MR) is 125 cm³/mol. The maximum absolute atomic E-state index is 15.9. The van der Waals surface area contributed by atoms with Crippen LogP contribution < -0.4 is 0 Å². The first-order valence-corrected chi connectivity index (χ1v) is 12.1. The molecule has 5 heteroatoms. The highest BCUT2D eigenvalue weighted by atomic mass is 19.1. The first kappa shape index (κ1) is 19.5. The Morgan fingerprint density at radius 1 is 1.30 bits per heavy atom. The summed E-state index contributed by atoms with van der Waals surface area (Å²) in [5, 5.41) is 1.26. The second kappa shape index (κ2) is 6.57. The van der Waals surface area contributed by atoms with Crippen LogP contribution in [0.4, 0.5) is 4.39 Å². The number of rotatable bonds is 3. The first-order valence-electron chi connectivity index (χ1n) is 12.1. The Morgan fingerprint density at radius 2 is 2.12 bits per heavy atom. The molecule has 3 unspecified atom stereocenters. The minimum Gasteiger partial charge on any atom is -0.463 e. The van der Waals surface area contributed by atoms with Crippen molar-refractivity contribution in [2.45, 2.75) is 56.7 Å². The molecular formula is C28H27FN2O2. The summed E-state index contributed by atoms with van der Waals surface area (Å²) in [5.74, 6) is 0.465. The van der Waals surface area contributed by atoms with Crippen molar-refractivity contribution in [3.8, 4) is 0 Å². The summed E-state index contributed by atoms with van der Waals surface area (Å²) in [6.45, 7) is 4.42. The number of aromatic amines is 1. The Labute approximate surface area is 192 Å². The number of para-hydroxylation sites is 1. The van der Waals surface area contributed by atoms with Crippen molar-refractivity contribution in [3.05, 3.63) is 76.2 Å². The highest BCUT2D eigenvalue weighted by molar-refractivity contribution is 5.87. The maximum atomic E-state index is 15.9. The molecule has 2 aliphatic heterocycles. The lowest BCUT2D eigenvalue weighted by Crippen LogP contribution is -2.78. The number of hydrogen-bond donors (Lipinski definition) is 1. The van der Waals surface area contributed by atoms with Crippen molar-refractivity contribution >= 4 is 22.9 Å². The molecule has 3 saturated carbocycles. The minimum atomic E-state index is -0.395. The average Bonchev–Trinajstić information content (AvgIpc) is 3.10. The van der Waals surface area contributed by atoms with E-state index in [9.17, 15) is 4.79 Å². The van der Waals surface area contributed by atoms with Crippen LogP contribution in [0.3, 0.4) is 0 Å². The van der Waals surface area contributed by atoms with Gasteiger partial charge in [0.05, 0.1) is 12.6 Å². The summed E-state index contributed by atoms with van der Waals surface area (Å²) in [7, 11) is 0. The Morgan fingerprint density at radius 3 is 2.88 bits per heavy atom. The molecule has 1 aromatic heterocycles. The van der Waals surface area contributed by atoms with E-state index < -0.39 is 5.97 Å². The predicted octanol–water partition coefficient (Wildman–Crippen LogP) is 5.48. The van der Waals surface area contributed by atoms with E-state index in [4.69, 9.17) is 4.74 Å². The lowest BCUT2D eigenvalue weighted by atomic mass is 9.37. The molecule has 0 amide bonds. The molecule has 1 N–H and O–H groups in total. The van der Waals surface area contributed by atoms with Gasteiger partial charge >= 0.3 is 5.97 Å². The van der Waals surface area contributed by atoms with E-state index in [-0.39, 0.29) is 17.4 Å². The summed E-state index contributed by atoms with van der Waals surface area (Å²) in [4.78, 5) is 18.1. The van der Waals surface area contributed by atoms with Crippen LogP contribution in [0.25, 0.3) is 17.0 Å². The van der Waals surface area contributed by atoms with E-state index >= 15 is 4.39 Å². The smallest absolute Gasteiger partial charge is 0.330 e. The van der Waals surface area contributed by atoms with Crippen LogP contribution in [0.15, 0.2) is 42.5 Å². The number of hydrogen-bond acceptors (Lipinski definition) is 3. The molecule has 8 rings (SSSR count). The molecule has 1 spiro atoms. The Balaban J connectivity index is 1.42. The van der Waals surface area contributed by atoms with Gasteiger partial charge in [0, 0.05) is 45.7 Å². The van der Waals surface area contributed by atoms with Crippen molar-refractivity contribution in [1.29, 1.82) is 0 Å². The zero-order chi connectivity index (χ0) is 22.5. The van der Waals surface area contributed by atoms with Crippen LogP contribution >= 0.6 is 0 Å². The third-order valence-electron chi connectivity index (χ3n) is 8.66. The van der Waals surface area contributed by atoms with Gasteiger partial charge < -0.3 is 9.72 Å². The number of esters is 1. The summed E-state index contributed by atoms with van der Waals surface area (Å²) < 4.78 is 20.9. The summed E-state index contributed by atoms with van der Waals surface area (Å²) in [6.07, 6.45) is 6.49. The van der Waals surface area contributed by atoms with E-state index in [2.05, 4.69) is 47.1 Å². The second-order valence-electron chi connectivity index (χ2n) is 10.3. The maximum Gasteiger partial charge on any atom is 0.330 e. The number of aromatic nitrogens is 1. The highest BCUT2D eigenvalue weighted by Gasteiger charge is 2.73. The van der Waals surface area contributed by atoms with Crippen LogP contribution in [0.1, 0.15) is 66.6 Å². The number of fused-ring (bicyclic) bond motifs is 7. The molecule has 3 atom stereocenters. The fourth-order valence-electron chi connectivity index (χ4n) is 7.47. The number of benzene rings is 2. The summed E-state index contributed by atoms with van der Waals surface area (Å²) in [6, 6.07) is 12.4. The fraction of sp³-hybridized carbons (Fsp3) is 0.393. The molecular weight excluding hydrogens is 415 g/mol. The van der Waals surface area contributed by atoms with Gasteiger partial charge in [0.1, 0.15) is 5.82 Å². The van der Waals surface area contributed by atoms with Gasteiger partial charge in [-0.1, -0.05) is 24.3 Å². The van der Waals surface area contributed by atoms with Gasteiger partial charge in [-0.3, -0.25) is 4.90 Å². The largest absolute Gasteiger partial charge is 0.463 e. The number of carbonyl (C=O) groups is 1. The van der Waals surface area contributed by atoms with Gasteiger partial charge in [-0.25, -0.2) is 9.18 Å². The fourth-order valence-corrected chi connectivity index (χ4v) is 7.47.